The van der Waals surface area contributed by atoms with E-state index in [0.29, 0.717) is 27.7 Å². The van der Waals surface area contributed by atoms with E-state index in [1.54, 1.807) is 30.3 Å². The Morgan fingerprint density at radius 1 is 1.06 bits per heavy atom. The van der Waals surface area contributed by atoms with Gasteiger partial charge >= 0.3 is 0 Å². The number of hydrogen-bond acceptors (Lipinski definition) is 5. The topological polar surface area (TPSA) is 92.2 Å². The Morgan fingerprint density at radius 3 is 2.35 bits per heavy atom. The second-order valence-electron chi connectivity index (χ2n) is 8.35. The number of pyridine rings is 1. The molecule has 3 N–H and O–H groups in total. The van der Waals surface area contributed by atoms with Crippen LogP contribution in [0.15, 0.2) is 69.9 Å². The Labute approximate surface area is 197 Å². The molecule has 5 nitrogen and oxygen atoms in total. The third-order valence-electron chi connectivity index (χ3n) is 5.56. The van der Waals surface area contributed by atoms with Crippen LogP contribution in [0.3, 0.4) is 0 Å². The Morgan fingerprint density at radius 2 is 1.74 bits per heavy atom. The van der Waals surface area contributed by atoms with E-state index in [1.165, 1.54) is 36.6 Å². The fraction of sp³-hybridized carbons (Fsp3) is 0.154. The van der Waals surface area contributed by atoms with Gasteiger partial charge in [0.2, 0.25) is 0 Å². The molecule has 1 unspecified atom stereocenters. The lowest BCUT2D eigenvalue weighted by molar-refractivity contribution is 0.594. The molecule has 1 aromatic heterocycles. The molecule has 0 saturated heterocycles. The minimum Gasteiger partial charge on any atom is -0.398 e. The zero-order chi connectivity index (χ0) is 24.6. The van der Waals surface area contributed by atoms with Crippen LogP contribution in [0.2, 0.25) is 0 Å². The molecular weight excluding hydrogens is 454 g/mol. The van der Waals surface area contributed by atoms with Gasteiger partial charge in [-0.3, -0.25) is 0 Å². The van der Waals surface area contributed by atoms with Gasteiger partial charge in [-0.1, -0.05) is 38.1 Å². The normalized spacial score (nSPS) is 13.1. The van der Waals surface area contributed by atoms with Crippen LogP contribution in [-0.2, 0) is 9.73 Å². The number of aromatic nitrogens is 1. The summed E-state index contributed by atoms with van der Waals surface area (Å²) in [6.45, 7) is 3.92. The molecule has 1 heterocycles. The largest absolute Gasteiger partial charge is 0.398 e. The maximum Gasteiger partial charge on any atom is 0.170 e. The van der Waals surface area contributed by atoms with E-state index < -0.39 is 15.5 Å². The molecule has 0 bridgehead atoms. The number of halogens is 2. The standard InChI is InChI=1S/C26H24F2N4OS/c1-15(2)25-24(16-8-10-18(27)11-9-16)19-12-17(14-29)22(30)13-20(19)26(31-25)32-34(3,33)23-7-5-4-6-21(23)28/h4-15,29H,30H2,1-3H3. The third-order valence-corrected chi connectivity index (χ3v) is 7.23. The third kappa shape index (κ3) is 4.28. The first-order valence-corrected chi connectivity index (χ1v) is 12.5. The van der Waals surface area contributed by atoms with E-state index in [1.807, 2.05) is 13.8 Å². The Hall–Kier alpha value is -3.65. The van der Waals surface area contributed by atoms with Crippen LogP contribution in [0.5, 0.6) is 0 Å². The van der Waals surface area contributed by atoms with Crippen molar-refractivity contribution < 1.29 is 13.0 Å². The van der Waals surface area contributed by atoms with Crippen LogP contribution in [-0.4, -0.2) is 21.7 Å². The maximum absolute atomic E-state index is 14.5. The molecule has 4 rings (SSSR count). The molecule has 34 heavy (non-hydrogen) atoms. The molecule has 174 valence electrons. The lowest BCUT2D eigenvalue weighted by atomic mass is 9.91. The maximum atomic E-state index is 14.5. The van der Waals surface area contributed by atoms with E-state index in [9.17, 15) is 13.0 Å². The average Bonchev–Trinajstić information content (AvgIpc) is 2.79. The first-order valence-electron chi connectivity index (χ1n) is 10.6. The number of nitrogen functional groups attached to an aromatic ring is 1. The van der Waals surface area contributed by atoms with Crippen molar-refractivity contribution in [1.82, 2.24) is 4.98 Å². The SMILES string of the molecule is CC(C)c1nc(N=S(C)(=O)c2ccccc2F)c2cc(N)c(C=N)cc2c1-c1ccc(F)cc1. The number of nitrogens with one attached hydrogen (secondary N) is 1. The Bertz CT molecular complexity index is 1540. The predicted molar refractivity (Wildman–Crippen MR) is 134 cm³/mol. The van der Waals surface area contributed by atoms with Gasteiger partial charge in [0.1, 0.15) is 11.6 Å². The minimum absolute atomic E-state index is 0.0114. The summed E-state index contributed by atoms with van der Waals surface area (Å²) in [7, 11) is -3.19. The second kappa shape index (κ2) is 8.95. The number of nitrogens with zero attached hydrogens (tertiary/aromatic N) is 2. The predicted octanol–water partition coefficient (Wildman–Crippen LogP) is 6.67. The Kier molecular flexibility index (Phi) is 6.18. The first-order chi connectivity index (χ1) is 16.1. The number of nitrogens with two attached hydrogens (primary N) is 1. The average molecular weight is 479 g/mol. The summed E-state index contributed by atoms with van der Waals surface area (Å²) in [6.07, 6.45) is 2.52. The summed E-state index contributed by atoms with van der Waals surface area (Å²) in [5.74, 6) is -0.872. The van der Waals surface area contributed by atoms with Crippen LogP contribution in [0.4, 0.5) is 20.3 Å². The molecular formula is C26H24F2N4OS. The highest BCUT2D eigenvalue weighted by atomic mass is 32.2. The zero-order valence-electron chi connectivity index (χ0n) is 19.0. The van der Waals surface area contributed by atoms with Crippen LogP contribution >= 0.6 is 0 Å². The van der Waals surface area contributed by atoms with Gasteiger partial charge < -0.3 is 11.1 Å². The van der Waals surface area contributed by atoms with Gasteiger partial charge in [0.05, 0.1) is 20.3 Å². The lowest BCUT2D eigenvalue weighted by Gasteiger charge is -2.18. The highest BCUT2D eigenvalue weighted by Crippen LogP contribution is 2.41. The van der Waals surface area contributed by atoms with Crippen molar-refractivity contribution in [3.05, 3.63) is 83.6 Å². The fourth-order valence-electron chi connectivity index (χ4n) is 3.89. The minimum atomic E-state index is -3.19. The second-order valence-corrected chi connectivity index (χ2v) is 10.6. The first kappa shape index (κ1) is 23.5. The molecule has 1 atom stereocenters. The quantitative estimate of drug-likeness (QED) is 0.248. The highest BCUT2D eigenvalue weighted by molar-refractivity contribution is 7.93. The lowest BCUT2D eigenvalue weighted by Crippen LogP contribution is -2.04. The number of fused-ring (bicyclic) bond motifs is 1. The van der Waals surface area contributed by atoms with Crippen LogP contribution in [0, 0.1) is 17.0 Å². The molecule has 0 aliphatic carbocycles. The molecule has 4 aromatic rings. The van der Waals surface area contributed by atoms with E-state index in [2.05, 4.69) is 4.36 Å². The highest BCUT2D eigenvalue weighted by Gasteiger charge is 2.21. The number of benzene rings is 3. The number of rotatable bonds is 5. The summed E-state index contributed by atoms with van der Waals surface area (Å²) < 4.78 is 46.1. The van der Waals surface area contributed by atoms with Crippen molar-refractivity contribution in [1.29, 1.82) is 5.41 Å². The zero-order valence-corrected chi connectivity index (χ0v) is 19.8. The van der Waals surface area contributed by atoms with Crippen LogP contribution in [0.25, 0.3) is 21.9 Å². The Balaban J connectivity index is 2.14. The molecule has 0 radical (unpaired) electrons. The summed E-state index contributed by atoms with van der Waals surface area (Å²) in [5, 5.41) is 8.95. The van der Waals surface area contributed by atoms with Gasteiger partial charge in [-0.2, -0.15) is 4.36 Å². The molecule has 0 aliphatic rings. The molecule has 0 amide bonds. The van der Waals surface area contributed by atoms with Gasteiger partial charge in [-0.25, -0.2) is 18.0 Å². The molecule has 3 aromatic carbocycles. The van der Waals surface area contributed by atoms with Crippen molar-refractivity contribution in [3.63, 3.8) is 0 Å². The molecule has 0 spiro atoms. The molecule has 8 heteroatoms. The van der Waals surface area contributed by atoms with E-state index in [0.717, 1.165) is 17.3 Å². The molecule has 0 saturated carbocycles. The van der Waals surface area contributed by atoms with Crippen LogP contribution in [0.1, 0.15) is 31.0 Å². The number of hydrogen-bond donors (Lipinski definition) is 2. The number of anilines is 1. The summed E-state index contributed by atoms with van der Waals surface area (Å²) in [5.41, 5.74) is 9.14. The smallest absolute Gasteiger partial charge is 0.170 e. The van der Waals surface area contributed by atoms with Gasteiger partial charge in [-0.05, 0) is 53.3 Å². The van der Waals surface area contributed by atoms with Gasteiger partial charge in [0, 0.05) is 34.7 Å². The summed E-state index contributed by atoms with van der Waals surface area (Å²) in [4.78, 5) is 4.75. The van der Waals surface area contributed by atoms with E-state index in [-0.39, 0.29) is 22.4 Å². The van der Waals surface area contributed by atoms with Crippen molar-refractivity contribution in [2.75, 3.05) is 12.0 Å². The molecule has 0 aliphatic heterocycles. The monoisotopic (exact) mass is 478 g/mol. The van der Waals surface area contributed by atoms with E-state index >= 15 is 0 Å². The van der Waals surface area contributed by atoms with Gasteiger partial charge in [0.15, 0.2) is 5.82 Å². The van der Waals surface area contributed by atoms with Crippen molar-refractivity contribution in [2.24, 2.45) is 4.36 Å². The van der Waals surface area contributed by atoms with Crippen molar-refractivity contribution in [3.8, 4) is 11.1 Å². The van der Waals surface area contributed by atoms with Crippen molar-refractivity contribution >= 4 is 38.2 Å². The fourth-order valence-corrected chi connectivity index (χ4v) is 5.22. The van der Waals surface area contributed by atoms with E-state index in [4.69, 9.17) is 16.1 Å². The summed E-state index contributed by atoms with van der Waals surface area (Å²) >= 11 is 0. The van der Waals surface area contributed by atoms with Crippen LogP contribution < -0.4 is 5.73 Å². The van der Waals surface area contributed by atoms with Crippen molar-refractivity contribution in [2.45, 2.75) is 24.7 Å². The summed E-state index contributed by atoms with van der Waals surface area (Å²) in [6, 6.07) is 15.3. The van der Waals surface area contributed by atoms with Gasteiger partial charge in [-0.15, -0.1) is 0 Å². The van der Waals surface area contributed by atoms with Gasteiger partial charge in [0.25, 0.3) is 0 Å². The molecule has 0 fully saturated rings.